The van der Waals surface area contributed by atoms with E-state index in [-0.39, 0.29) is 44.0 Å². The molecule has 79 heavy (non-hydrogen) atoms. The maximum absolute atomic E-state index is 12.9. The van der Waals surface area contributed by atoms with Crippen LogP contribution in [0.25, 0.3) is 0 Å². The number of esters is 3. The number of hydrogen-bond acceptors (Lipinski definition) is 6. The van der Waals surface area contributed by atoms with Gasteiger partial charge in [-0.05, 0) is 154 Å². The molecule has 0 rings (SSSR count). The predicted molar refractivity (Wildman–Crippen MR) is 343 cm³/mol. The van der Waals surface area contributed by atoms with Gasteiger partial charge in [-0.1, -0.05) is 248 Å². The average molecular weight is 1090 g/mol. The Morgan fingerprint density at radius 1 is 0.266 bits per heavy atom. The highest BCUT2D eigenvalue weighted by molar-refractivity contribution is 5.71. The highest BCUT2D eigenvalue weighted by Gasteiger charge is 2.19. The van der Waals surface area contributed by atoms with Crippen molar-refractivity contribution in [1.29, 1.82) is 0 Å². The van der Waals surface area contributed by atoms with E-state index in [9.17, 15) is 14.4 Å². The van der Waals surface area contributed by atoms with Crippen LogP contribution in [0.4, 0.5) is 0 Å². The Bertz CT molecular complexity index is 1870. The first-order valence-electron chi connectivity index (χ1n) is 31.3. The van der Waals surface area contributed by atoms with Crippen molar-refractivity contribution < 1.29 is 28.6 Å². The summed E-state index contributed by atoms with van der Waals surface area (Å²) >= 11 is 0. The molecular formula is C73H112O6. The molecule has 440 valence electrons. The third-order valence-electron chi connectivity index (χ3n) is 12.4. The first-order chi connectivity index (χ1) is 39.0. The zero-order chi connectivity index (χ0) is 57.1. The molecule has 0 saturated carbocycles. The minimum Gasteiger partial charge on any atom is -0.462 e. The summed E-state index contributed by atoms with van der Waals surface area (Å²) < 4.78 is 16.8. The first kappa shape index (κ1) is 73.5. The lowest BCUT2D eigenvalue weighted by Crippen LogP contribution is -2.30. The molecule has 0 aliphatic carbocycles. The van der Waals surface area contributed by atoms with Gasteiger partial charge in [-0.15, -0.1) is 0 Å². The van der Waals surface area contributed by atoms with Gasteiger partial charge in [0.1, 0.15) is 13.2 Å². The molecule has 1 unspecified atom stereocenters. The Morgan fingerprint density at radius 2 is 0.506 bits per heavy atom. The van der Waals surface area contributed by atoms with Gasteiger partial charge in [0.25, 0.3) is 0 Å². The Hall–Kier alpha value is -5.49. The average Bonchev–Trinajstić information content (AvgIpc) is 3.45. The van der Waals surface area contributed by atoms with E-state index >= 15 is 0 Å². The molecule has 0 heterocycles. The molecule has 0 saturated heterocycles. The summed E-state index contributed by atoms with van der Waals surface area (Å²) in [6, 6.07) is 0. The molecule has 0 aromatic rings. The normalized spacial score (nSPS) is 13.4. The van der Waals surface area contributed by atoms with Crippen molar-refractivity contribution in [3.05, 3.63) is 182 Å². The summed E-state index contributed by atoms with van der Waals surface area (Å²) in [6.45, 7) is 6.28. The van der Waals surface area contributed by atoms with E-state index in [1.54, 1.807) is 0 Å². The third kappa shape index (κ3) is 63.2. The van der Waals surface area contributed by atoms with Crippen molar-refractivity contribution in [2.24, 2.45) is 0 Å². The van der Waals surface area contributed by atoms with Gasteiger partial charge < -0.3 is 14.2 Å². The predicted octanol–water partition coefficient (Wildman–Crippen LogP) is 21.7. The van der Waals surface area contributed by atoms with E-state index in [4.69, 9.17) is 14.2 Å². The van der Waals surface area contributed by atoms with Gasteiger partial charge in [-0.3, -0.25) is 14.4 Å². The van der Waals surface area contributed by atoms with Gasteiger partial charge in [-0.25, -0.2) is 0 Å². The number of hydrogen-bond donors (Lipinski definition) is 0. The van der Waals surface area contributed by atoms with Crippen LogP contribution in [0.2, 0.25) is 0 Å². The van der Waals surface area contributed by atoms with Crippen LogP contribution in [0.3, 0.4) is 0 Å². The molecule has 1 atom stereocenters. The van der Waals surface area contributed by atoms with Crippen LogP contribution in [0.1, 0.15) is 239 Å². The molecule has 0 N–H and O–H groups in total. The maximum Gasteiger partial charge on any atom is 0.306 e. The molecular weight excluding hydrogens is 973 g/mol. The van der Waals surface area contributed by atoms with Crippen LogP contribution in [-0.2, 0) is 28.6 Å². The van der Waals surface area contributed by atoms with Crippen molar-refractivity contribution in [1.82, 2.24) is 0 Å². The van der Waals surface area contributed by atoms with Gasteiger partial charge in [0, 0.05) is 19.3 Å². The largest absolute Gasteiger partial charge is 0.462 e. The van der Waals surface area contributed by atoms with Crippen LogP contribution in [0.15, 0.2) is 182 Å². The Balaban J connectivity index is 4.57. The summed E-state index contributed by atoms with van der Waals surface area (Å²) in [4.78, 5) is 38.3. The Morgan fingerprint density at radius 3 is 0.835 bits per heavy atom. The topological polar surface area (TPSA) is 78.9 Å². The van der Waals surface area contributed by atoms with Gasteiger partial charge in [0.2, 0.25) is 0 Å². The van der Waals surface area contributed by atoms with Crippen molar-refractivity contribution in [2.45, 2.75) is 245 Å². The molecule has 6 nitrogen and oxygen atoms in total. The second-order valence-corrected chi connectivity index (χ2v) is 19.8. The van der Waals surface area contributed by atoms with Crippen LogP contribution in [0, 0.1) is 0 Å². The monoisotopic (exact) mass is 1080 g/mol. The molecule has 0 aliphatic rings. The van der Waals surface area contributed by atoms with Crippen molar-refractivity contribution in [3.8, 4) is 0 Å². The SMILES string of the molecule is CC/C=C\C/C=C\C/C=C\C/C=C\C/C=C\C/C=C\C/C=C\C/C=C\CCCCC(=O)OCC(COC(=O)CCCCCCCCC/C=C\C/C=C\CCCCC)OC(=O)CCC/C=C\C/C=C\C/C=C\C/C=C\C/C=C\CC. The lowest BCUT2D eigenvalue weighted by molar-refractivity contribution is -0.167. The van der Waals surface area contributed by atoms with Crippen LogP contribution >= 0.6 is 0 Å². The molecule has 0 spiro atoms. The fourth-order valence-corrected chi connectivity index (χ4v) is 7.76. The number of carbonyl (C=O) groups excluding carboxylic acids is 3. The van der Waals surface area contributed by atoms with Crippen LogP contribution < -0.4 is 0 Å². The molecule has 0 aromatic carbocycles. The number of ether oxygens (including phenoxy) is 3. The zero-order valence-electron chi connectivity index (χ0n) is 50.3. The number of carbonyl (C=O) groups is 3. The van der Waals surface area contributed by atoms with Crippen LogP contribution in [0.5, 0.6) is 0 Å². The lowest BCUT2D eigenvalue weighted by Gasteiger charge is -2.18. The summed E-state index contributed by atoms with van der Waals surface area (Å²) in [5.74, 6) is -1.05. The molecule has 0 bridgehead atoms. The highest BCUT2D eigenvalue weighted by atomic mass is 16.6. The number of allylic oxidation sites excluding steroid dienone is 30. The highest BCUT2D eigenvalue weighted by Crippen LogP contribution is 2.13. The maximum atomic E-state index is 12.9. The van der Waals surface area contributed by atoms with Gasteiger partial charge in [0.15, 0.2) is 6.10 Å². The van der Waals surface area contributed by atoms with E-state index in [2.05, 4.69) is 203 Å². The van der Waals surface area contributed by atoms with Crippen LogP contribution in [-0.4, -0.2) is 37.2 Å². The third-order valence-corrected chi connectivity index (χ3v) is 12.4. The molecule has 0 radical (unpaired) electrons. The van der Waals surface area contributed by atoms with Gasteiger partial charge in [-0.2, -0.15) is 0 Å². The quantitative estimate of drug-likeness (QED) is 0.0261. The van der Waals surface area contributed by atoms with Gasteiger partial charge >= 0.3 is 17.9 Å². The smallest absolute Gasteiger partial charge is 0.306 e. The Kier molecular flexibility index (Phi) is 60.5. The fraction of sp³-hybridized carbons (Fsp3) is 0.548. The molecule has 0 aromatic heterocycles. The summed E-state index contributed by atoms with van der Waals surface area (Å²) in [5.41, 5.74) is 0. The lowest BCUT2D eigenvalue weighted by atomic mass is 10.1. The summed E-state index contributed by atoms with van der Waals surface area (Å²) in [7, 11) is 0. The first-order valence-corrected chi connectivity index (χ1v) is 31.3. The fourth-order valence-electron chi connectivity index (χ4n) is 7.76. The van der Waals surface area contributed by atoms with Gasteiger partial charge in [0.05, 0.1) is 0 Å². The Labute approximate surface area is 484 Å². The standard InChI is InChI=1S/C73H112O6/c1-4-7-10-13-16-19-22-25-28-31-32-33-34-35-36-37-38-39-40-43-45-48-51-54-57-60-63-66-72(75)78-69-70(79-73(76)67-64-61-58-55-52-49-46-42-30-27-24-21-18-15-12-9-6-3)68-77-71(74)65-62-59-56-53-50-47-44-41-29-26-23-20-17-14-11-8-5-2/h7,9-10,12,16-21,25-30,32-33,35-36,38-39,43,45-46,49,51,54-55,58,70H,4-6,8,11,13-15,22-24,31,34,37,40-42,44,47-48,50,52-53,56-57,59-69H2,1-3H3/b10-7-,12-9-,19-16-,20-17-,21-18-,28-25-,29-26-,30-27-,33-32-,36-35-,39-38-,45-43-,49-46-,54-51-,58-55-. The second-order valence-electron chi connectivity index (χ2n) is 19.8. The van der Waals surface area contributed by atoms with E-state index in [0.29, 0.717) is 19.3 Å². The molecule has 6 heteroatoms. The summed E-state index contributed by atoms with van der Waals surface area (Å²) in [5, 5.41) is 0. The van der Waals surface area contributed by atoms with Crippen molar-refractivity contribution >= 4 is 17.9 Å². The number of rotatable bonds is 54. The molecule has 0 amide bonds. The van der Waals surface area contributed by atoms with Crippen molar-refractivity contribution in [2.75, 3.05) is 13.2 Å². The van der Waals surface area contributed by atoms with E-state index < -0.39 is 6.10 Å². The minimum atomic E-state index is -0.841. The molecule has 0 aliphatic heterocycles. The van der Waals surface area contributed by atoms with E-state index in [0.717, 1.165) is 135 Å². The van der Waals surface area contributed by atoms with E-state index in [1.165, 1.54) is 51.4 Å². The number of unbranched alkanes of at least 4 members (excludes halogenated alkanes) is 13. The second kappa shape index (κ2) is 65.0. The zero-order valence-corrected chi connectivity index (χ0v) is 50.3. The van der Waals surface area contributed by atoms with E-state index in [1.807, 2.05) is 0 Å². The minimum absolute atomic E-state index is 0.128. The van der Waals surface area contributed by atoms with Crippen molar-refractivity contribution in [3.63, 3.8) is 0 Å². The summed E-state index contributed by atoms with van der Waals surface area (Å²) in [6.07, 6.45) is 97.5. The molecule has 0 fully saturated rings.